The van der Waals surface area contributed by atoms with Crippen LogP contribution < -0.4 is 0 Å². The SMILES string of the molecule is CCCCN(C)S(=O)(=O)c1ccc(CO)cc1Br. The predicted molar refractivity (Wildman–Crippen MR) is 74.8 cm³/mol. The van der Waals surface area contributed by atoms with Gasteiger partial charge in [0.15, 0.2) is 0 Å². The first kappa shape index (κ1) is 15.6. The average molecular weight is 336 g/mol. The Morgan fingerprint density at radius 3 is 2.56 bits per heavy atom. The molecule has 0 radical (unpaired) electrons. The number of rotatable bonds is 6. The highest BCUT2D eigenvalue weighted by atomic mass is 79.9. The molecule has 18 heavy (non-hydrogen) atoms. The molecule has 102 valence electrons. The lowest BCUT2D eigenvalue weighted by molar-refractivity contribution is 0.281. The first-order valence-corrected chi connectivity index (χ1v) is 8.02. The predicted octanol–water partition coefficient (Wildman–Crippen LogP) is 2.36. The van der Waals surface area contributed by atoms with Crippen LogP contribution in [0.25, 0.3) is 0 Å². The van der Waals surface area contributed by atoms with Crippen molar-refractivity contribution in [2.75, 3.05) is 13.6 Å². The minimum absolute atomic E-state index is 0.107. The highest BCUT2D eigenvalue weighted by Gasteiger charge is 2.22. The number of hydrogen-bond acceptors (Lipinski definition) is 3. The quantitative estimate of drug-likeness (QED) is 0.868. The Morgan fingerprint density at radius 1 is 1.39 bits per heavy atom. The lowest BCUT2D eigenvalue weighted by Crippen LogP contribution is -2.28. The minimum Gasteiger partial charge on any atom is -0.392 e. The van der Waals surface area contributed by atoms with Gasteiger partial charge in [-0.1, -0.05) is 19.4 Å². The van der Waals surface area contributed by atoms with Gasteiger partial charge in [-0.2, -0.15) is 0 Å². The van der Waals surface area contributed by atoms with Crippen molar-refractivity contribution in [3.05, 3.63) is 28.2 Å². The van der Waals surface area contributed by atoms with E-state index in [9.17, 15) is 8.42 Å². The van der Waals surface area contributed by atoms with Crippen LogP contribution in [0.2, 0.25) is 0 Å². The summed E-state index contributed by atoms with van der Waals surface area (Å²) >= 11 is 3.24. The summed E-state index contributed by atoms with van der Waals surface area (Å²) in [6.45, 7) is 2.42. The number of aliphatic hydroxyl groups excluding tert-OH is 1. The molecular weight excluding hydrogens is 318 g/mol. The molecule has 1 N–H and O–H groups in total. The Morgan fingerprint density at radius 2 is 2.06 bits per heavy atom. The van der Waals surface area contributed by atoms with Gasteiger partial charge in [0.25, 0.3) is 0 Å². The molecule has 1 aromatic rings. The third-order valence-corrected chi connectivity index (χ3v) is 5.53. The second-order valence-corrected chi connectivity index (χ2v) is 6.97. The van der Waals surface area contributed by atoms with Crippen LogP contribution in [0.1, 0.15) is 25.3 Å². The van der Waals surface area contributed by atoms with Crippen LogP contribution in [-0.4, -0.2) is 31.4 Å². The number of aliphatic hydroxyl groups is 1. The van der Waals surface area contributed by atoms with Crippen molar-refractivity contribution < 1.29 is 13.5 Å². The smallest absolute Gasteiger partial charge is 0.243 e. The van der Waals surface area contributed by atoms with Gasteiger partial charge in [-0.25, -0.2) is 12.7 Å². The van der Waals surface area contributed by atoms with E-state index in [4.69, 9.17) is 5.11 Å². The molecule has 0 unspecified atom stereocenters. The van der Waals surface area contributed by atoms with Gasteiger partial charge < -0.3 is 5.11 Å². The molecule has 1 aromatic carbocycles. The lowest BCUT2D eigenvalue weighted by Gasteiger charge is -2.18. The number of hydrogen-bond donors (Lipinski definition) is 1. The number of sulfonamides is 1. The molecule has 0 aliphatic carbocycles. The minimum atomic E-state index is -3.46. The largest absolute Gasteiger partial charge is 0.392 e. The van der Waals surface area contributed by atoms with Crippen molar-refractivity contribution in [1.29, 1.82) is 0 Å². The summed E-state index contributed by atoms with van der Waals surface area (Å²) in [6.07, 6.45) is 1.78. The van der Waals surface area contributed by atoms with Gasteiger partial charge in [0, 0.05) is 18.1 Å². The summed E-state index contributed by atoms with van der Waals surface area (Å²) < 4.78 is 26.4. The van der Waals surface area contributed by atoms with Crippen molar-refractivity contribution in [3.63, 3.8) is 0 Å². The molecule has 0 aromatic heterocycles. The third kappa shape index (κ3) is 3.54. The van der Waals surface area contributed by atoms with E-state index in [0.29, 0.717) is 16.6 Å². The van der Waals surface area contributed by atoms with Crippen LogP contribution in [0.4, 0.5) is 0 Å². The second kappa shape index (κ2) is 6.65. The monoisotopic (exact) mass is 335 g/mol. The van der Waals surface area contributed by atoms with E-state index in [1.807, 2.05) is 6.92 Å². The Kier molecular flexibility index (Phi) is 5.78. The highest BCUT2D eigenvalue weighted by Crippen LogP contribution is 2.25. The number of benzene rings is 1. The van der Waals surface area contributed by atoms with Gasteiger partial charge in [0.1, 0.15) is 0 Å². The molecule has 0 heterocycles. The van der Waals surface area contributed by atoms with Gasteiger partial charge in [0.2, 0.25) is 10.0 Å². The van der Waals surface area contributed by atoms with E-state index in [2.05, 4.69) is 15.9 Å². The van der Waals surface area contributed by atoms with E-state index in [1.54, 1.807) is 19.2 Å². The van der Waals surface area contributed by atoms with Crippen LogP contribution >= 0.6 is 15.9 Å². The standard InChI is InChI=1S/C12H18BrNO3S/c1-3-4-7-14(2)18(16,17)12-6-5-10(9-15)8-11(12)13/h5-6,8,15H,3-4,7,9H2,1-2H3. The van der Waals surface area contributed by atoms with Crippen LogP contribution in [0.15, 0.2) is 27.6 Å². The maximum Gasteiger partial charge on any atom is 0.243 e. The Labute approximate surface area is 117 Å². The van der Waals surface area contributed by atoms with Gasteiger partial charge in [-0.15, -0.1) is 0 Å². The molecule has 1 rings (SSSR count). The molecular formula is C12H18BrNO3S. The molecule has 0 bridgehead atoms. The molecule has 6 heteroatoms. The molecule has 0 aliphatic heterocycles. The summed E-state index contributed by atoms with van der Waals surface area (Å²) in [7, 11) is -1.88. The van der Waals surface area contributed by atoms with Crippen molar-refractivity contribution in [2.24, 2.45) is 0 Å². The summed E-state index contributed by atoms with van der Waals surface area (Å²) in [4.78, 5) is 0.235. The summed E-state index contributed by atoms with van der Waals surface area (Å²) in [6, 6.07) is 4.76. The molecule has 0 atom stereocenters. The molecule has 0 fully saturated rings. The summed E-state index contributed by atoms with van der Waals surface area (Å²) in [5.41, 5.74) is 0.678. The van der Waals surface area contributed by atoms with Gasteiger partial charge in [0.05, 0.1) is 11.5 Å². The maximum atomic E-state index is 12.3. The number of unbranched alkanes of at least 4 members (excludes halogenated alkanes) is 1. The fraction of sp³-hybridized carbons (Fsp3) is 0.500. The van der Waals surface area contributed by atoms with Crippen molar-refractivity contribution in [1.82, 2.24) is 4.31 Å². The molecule has 0 aliphatic rings. The first-order valence-electron chi connectivity index (χ1n) is 5.79. The fourth-order valence-corrected chi connectivity index (χ4v) is 3.81. The van der Waals surface area contributed by atoms with Crippen molar-refractivity contribution in [2.45, 2.75) is 31.3 Å². The lowest BCUT2D eigenvalue weighted by atomic mass is 10.2. The summed E-state index contributed by atoms with van der Waals surface area (Å²) in [5, 5.41) is 9.00. The Hall–Kier alpha value is -0.430. The van der Waals surface area contributed by atoms with E-state index in [1.165, 1.54) is 10.4 Å². The highest BCUT2D eigenvalue weighted by molar-refractivity contribution is 9.10. The van der Waals surface area contributed by atoms with Crippen LogP contribution in [-0.2, 0) is 16.6 Å². The van der Waals surface area contributed by atoms with E-state index in [-0.39, 0.29) is 11.5 Å². The molecule has 0 saturated heterocycles. The van der Waals surface area contributed by atoms with Crippen LogP contribution in [0.3, 0.4) is 0 Å². The van der Waals surface area contributed by atoms with Crippen LogP contribution in [0.5, 0.6) is 0 Å². The van der Waals surface area contributed by atoms with Crippen molar-refractivity contribution >= 4 is 26.0 Å². The zero-order valence-corrected chi connectivity index (χ0v) is 13.0. The van der Waals surface area contributed by atoms with E-state index < -0.39 is 10.0 Å². The van der Waals surface area contributed by atoms with Gasteiger partial charge >= 0.3 is 0 Å². The molecule has 0 amide bonds. The zero-order chi connectivity index (χ0) is 13.8. The topological polar surface area (TPSA) is 57.6 Å². The molecule has 4 nitrogen and oxygen atoms in total. The fourth-order valence-electron chi connectivity index (χ4n) is 1.52. The van der Waals surface area contributed by atoms with Crippen LogP contribution in [0, 0.1) is 0 Å². The van der Waals surface area contributed by atoms with Gasteiger partial charge in [-0.05, 0) is 40.0 Å². The normalized spacial score (nSPS) is 12.1. The van der Waals surface area contributed by atoms with E-state index in [0.717, 1.165) is 12.8 Å². The maximum absolute atomic E-state index is 12.3. The summed E-state index contributed by atoms with van der Waals surface area (Å²) in [5.74, 6) is 0. The Balaban J connectivity index is 3.05. The molecule has 0 spiro atoms. The number of halogens is 1. The zero-order valence-electron chi connectivity index (χ0n) is 10.6. The van der Waals surface area contributed by atoms with Gasteiger partial charge in [-0.3, -0.25) is 0 Å². The average Bonchev–Trinajstić information content (AvgIpc) is 2.35. The molecule has 0 saturated carbocycles. The Bertz CT molecular complexity index is 502. The first-order chi connectivity index (χ1) is 8.43. The third-order valence-electron chi connectivity index (χ3n) is 2.69. The van der Waals surface area contributed by atoms with E-state index >= 15 is 0 Å². The number of nitrogens with zero attached hydrogens (tertiary/aromatic N) is 1. The van der Waals surface area contributed by atoms with Crippen molar-refractivity contribution in [3.8, 4) is 0 Å². The second-order valence-electron chi connectivity index (χ2n) is 4.10.